The number of ether oxygens (including phenoxy) is 1. The first kappa shape index (κ1) is 15.9. The largest absolute Gasteiger partial charge is 0.462 e. The number of amides is 1. The van der Waals surface area contributed by atoms with Crippen LogP contribution < -0.4 is 11.1 Å². The summed E-state index contributed by atoms with van der Waals surface area (Å²) in [6, 6.07) is 3.56. The van der Waals surface area contributed by atoms with E-state index in [1.54, 1.807) is 18.4 Å². The van der Waals surface area contributed by atoms with Crippen molar-refractivity contribution in [2.75, 3.05) is 11.9 Å². The third kappa shape index (κ3) is 3.59. The molecule has 9 heteroatoms. The van der Waals surface area contributed by atoms with Gasteiger partial charge in [0.1, 0.15) is 6.10 Å². The number of hydrogen-bond acceptors (Lipinski definition) is 7. The summed E-state index contributed by atoms with van der Waals surface area (Å²) >= 11 is 1.26. The molecule has 0 aromatic carbocycles. The van der Waals surface area contributed by atoms with Crippen LogP contribution in [0.5, 0.6) is 0 Å². The number of nitrogens with one attached hydrogen (secondary N) is 1. The van der Waals surface area contributed by atoms with Crippen LogP contribution in [-0.4, -0.2) is 34.9 Å². The lowest BCUT2D eigenvalue weighted by Crippen LogP contribution is -2.29. The molecule has 3 rings (SSSR count). The van der Waals surface area contributed by atoms with Crippen LogP contribution in [0, 0.1) is 0 Å². The molecule has 1 aliphatic heterocycles. The normalized spacial score (nSPS) is 21.0. The monoisotopic (exact) mass is 330 g/mol. The van der Waals surface area contributed by atoms with E-state index in [-0.39, 0.29) is 24.4 Å². The molecule has 3 heterocycles. The van der Waals surface area contributed by atoms with E-state index in [2.05, 4.69) is 15.5 Å². The summed E-state index contributed by atoms with van der Waals surface area (Å²) in [6.45, 7) is 0.436. The Morgan fingerprint density at radius 1 is 1.48 bits per heavy atom. The van der Waals surface area contributed by atoms with Crippen LogP contribution in [0.2, 0.25) is 0 Å². The molecule has 1 fully saturated rings. The van der Waals surface area contributed by atoms with Crippen LogP contribution in [-0.2, 0) is 9.53 Å². The number of aromatic nitrogens is 2. The molecular formula is C12H15ClN4O3S. The fraction of sp³-hybridized carbons (Fsp3) is 0.417. The molecule has 0 spiro atoms. The maximum atomic E-state index is 12.0. The lowest BCUT2D eigenvalue weighted by Gasteiger charge is -2.10. The van der Waals surface area contributed by atoms with Crippen molar-refractivity contribution in [3.05, 3.63) is 18.4 Å². The van der Waals surface area contributed by atoms with E-state index in [1.807, 2.05) is 0 Å². The minimum Gasteiger partial charge on any atom is -0.462 e. The highest BCUT2D eigenvalue weighted by molar-refractivity contribution is 7.18. The molecule has 0 saturated carbocycles. The van der Waals surface area contributed by atoms with E-state index in [1.165, 1.54) is 11.3 Å². The highest BCUT2D eigenvalue weighted by atomic mass is 35.5. The molecule has 2 aromatic rings. The zero-order valence-corrected chi connectivity index (χ0v) is 12.7. The van der Waals surface area contributed by atoms with Gasteiger partial charge in [0.15, 0.2) is 10.8 Å². The molecule has 7 nitrogen and oxygen atoms in total. The lowest BCUT2D eigenvalue weighted by molar-refractivity contribution is -0.126. The van der Waals surface area contributed by atoms with Crippen molar-refractivity contribution >= 4 is 34.8 Å². The number of carbonyl (C=O) groups is 1. The first-order chi connectivity index (χ1) is 9.76. The topological polar surface area (TPSA) is 103 Å². The van der Waals surface area contributed by atoms with E-state index >= 15 is 0 Å². The van der Waals surface area contributed by atoms with Gasteiger partial charge in [-0.3, -0.25) is 10.1 Å². The molecule has 0 unspecified atom stereocenters. The second-order valence-corrected chi connectivity index (χ2v) is 5.42. The van der Waals surface area contributed by atoms with E-state index < -0.39 is 6.10 Å². The molecule has 1 saturated heterocycles. The number of furan rings is 1. The summed E-state index contributed by atoms with van der Waals surface area (Å²) in [7, 11) is 0. The second kappa shape index (κ2) is 6.99. The second-order valence-electron chi connectivity index (χ2n) is 4.44. The maximum Gasteiger partial charge on any atom is 0.255 e. The van der Waals surface area contributed by atoms with Gasteiger partial charge >= 0.3 is 0 Å². The van der Waals surface area contributed by atoms with Crippen LogP contribution in [0.3, 0.4) is 0 Å². The third-order valence-electron chi connectivity index (χ3n) is 3.05. The van der Waals surface area contributed by atoms with Crippen molar-refractivity contribution in [3.8, 4) is 10.8 Å². The molecule has 3 N–H and O–H groups in total. The van der Waals surface area contributed by atoms with Crippen LogP contribution in [0.25, 0.3) is 10.8 Å². The van der Waals surface area contributed by atoms with Crippen molar-refractivity contribution < 1.29 is 13.9 Å². The SMILES string of the molecule is Cl.NC[C@H]1CC[C@@H](C(=O)Nc2nnc(-c3ccco3)s2)O1. The Hall–Kier alpha value is -1.48. The fourth-order valence-electron chi connectivity index (χ4n) is 2.03. The summed E-state index contributed by atoms with van der Waals surface area (Å²) in [5.41, 5.74) is 5.52. The average Bonchev–Trinajstić information content (AvgIpc) is 3.19. The number of hydrogen-bond donors (Lipinski definition) is 2. The standard InChI is InChI=1S/C12H14N4O3S.ClH/c13-6-7-3-4-8(19-7)10(17)14-12-16-15-11(20-12)9-2-1-5-18-9;/h1-2,5,7-8H,3-4,6,13H2,(H,14,16,17);1H/t7-,8+;/m1./s1. The van der Waals surface area contributed by atoms with Gasteiger partial charge < -0.3 is 14.9 Å². The maximum absolute atomic E-state index is 12.0. The highest BCUT2D eigenvalue weighted by Gasteiger charge is 2.30. The molecule has 114 valence electrons. The lowest BCUT2D eigenvalue weighted by atomic mass is 10.2. The van der Waals surface area contributed by atoms with Crippen LogP contribution in [0.15, 0.2) is 22.8 Å². The van der Waals surface area contributed by atoms with Gasteiger partial charge in [0.2, 0.25) is 5.13 Å². The Morgan fingerprint density at radius 2 is 2.33 bits per heavy atom. The molecule has 2 aromatic heterocycles. The number of anilines is 1. The van der Waals surface area contributed by atoms with Gasteiger partial charge in [-0.2, -0.15) is 0 Å². The van der Waals surface area contributed by atoms with Gasteiger partial charge in [-0.05, 0) is 25.0 Å². The minimum atomic E-state index is -0.459. The van der Waals surface area contributed by atoms with Gasteiger partial charge in [-0.15, -0.1) is 22.6 Å². The Morgan fingerprint density at radius 3 is 3.00 bits per heavy atom. The van der Waals surface area contributed by atoms with Crippen molar-refractivity contribution in [3.63, 3.8) is 0 Å². The fourth-order valence-corrected chi connectivity index (χ4v) is 2.75. The highest BCUT2D eigenvalue weighted by Crippen LogP contribution is 2.27. The first-order valence-electron chi connectivity index (χ1n) is 6.30. The Labute approximate surface area is 131 Å². The molecule has 0 bridgehead atoms. The molecular weight excluding hydrogens is 316 g/mol. The van der Waals surface area contributed by atoms with E-state index in [4.69, 9.17) is 14.9 Å². The van der Waals surface area contributed by atoms with Crippen LogP contribution in [0.1, 0.15) is 12.8 Å². The summed E-state index contributed by atoms with van der Waals surface area (Å²) in [5.74, 6) is 0.423. The summed E-state index contributed by atoms with van der Waals surface area (Å²) < 4.78 is 10.7. The Balaban J connectivity index is 0.00000161. The van der Waals surface area contributed by atoms with Crippen LogP contribution >= 0.6 is 23.7 Å². The molecule has 2 atom stereocenters. The third-order valence-corrected chi connectivity index (χ3v) is 3.90. The van der Waals surface area contributed by atoms with Gasteiger partial charge in [-0.25, -0.2) is 0 Å². The van der Waals surface area contributed by atoms with Gasteiger partial charge in [0, 0.05) is 6.54 Å². The molecule has 0 radical (unpaired) electrons. The van der Waals surface area contributed by atoms with Crippen molar-refractivity contribution in [2.45, 2.75) is 25.0 Å². The van der Waals surface area contributed by atoms with Gasteiger partial charge in [0.05, 0.1) is 12.4 Å². The Bertz CT molecular complexity index is 589. The first-order valence-corrected chi connectivity index (χ1v) is 7.11. The minimum absolute atomic E-state index is 0. The van der Waals surface area contributed by atoms with Crippen molar-refractivity contribution in [1.82, 2.24) is 10.2 Å². The van der Waals surface area contributed by atoms with Gasteiger partial charge in [0.25, 0.3) is 5.91 Å². The summed E-state index contributed by atoms with van der Waals surface area (Å²) in [5, 5.41) is 11.7. The zero-order valence-electron chi connectivity index (χ0n) is 11.0. The molecule has 0 aliphatic carbocycles. The van der Waals surface area contributed by atoms with E-state index in [9.17, 15) is 4.79 Å². The van der Waals surface area contributed by atoms with Crippen molar-refractivity contribution in [1.29, 1.82) is 0 Å². The quantitative estimate of drug-likeness (QED) is 0.883. The van der Waals surface area contributed by atoms with E-state index in [0.717, 1.165) is 6.42 Å². The summed E-state index contributed by atoms with van der Waals surface area (Å²) in [4.78, 5) is 12.0. The smallest absolute Gasteiger partial charge is 0.255 e. The average molecular weight is 331 g/mol. The number of carbonyl (C=O) groups excluding carboxylic acids is 1. The number of nitrogens with two attached hydrogens (primary N) is 1. The van der Waals surface area contributed by atoms with Gasteiger partial charge in [-0.1, -0.05) is 11.3 Å². The number of halogens is 1. The number of nitrogens with zero attached hydrogens (tertiary/aromatic N) is 2. The Kier molecular flexibility index (Phi) is 5.29. The zero-order chi connectivity index (χ0) is 13.9. The molecule has 1 aliphatic rings. The van der Waals surface area contributed by atoms with Crippen LogP contribution in [0.4, 0.5) is 5.13 Å². The molecule has 1 amide bonds. The predicted octanol–water partition coefficient (Wildman–Crippen LogP) is 1.66. The summed E-state index contributed by atoms with van der Waals surface area (Å²) in [6.07, 6.45) is 2.56. The molecule has 21 heavy (non-hydrogen) atoms. The van der Waals surface area contributed by atoms with Crippen molar-refractivity contribution in [2.24, 2.45) is 5.73 Å². The number of rotatable bonds is 4. The van der Waals surface area contributed by atoms with E-state index in [0.29, 0.717) is 28.9 Å². The predicted molar refractivity (Wildman–Crippen MR) is 80.4 cm³/mol.